The van der Waals surface area contributed by atoms with E-state index in [0.717, 1.165) is 72.4 Å². The minimum Gasteiger partial charge on any atom is -0.493 e. The number of rotatable bonds is 15. The van der Waals surface area contributed by atoms with Crippen molar-refractivity contribution >= 4 is 24.1 Å². The number of ether oxygens (including phenoxy) is 4. The molecule has 2 aliphatic heterocycles. The van der Waals surface area contributed by atoms with Gasteiger partial charge in [-0.2, -0.15) is 0 Å². The van der Waals surface area contributed by atoms with Crippen LogP contribution in [0.25, 0.3) is 0 Å². The van der Waals surface area contributed by atoms with Crippen LogP contribution in [-0.2, 0) is 24.1 Å². The highest BCUT2D eigenvalue weighted by Gasteiger charge is 2.26. The highest BCUT2D eigenvalue weighted by atomic mass is 16.6. The van der Waals surface area contributed by atoms with Crippen molar-refractivity contribution in [1.82, 2.24) is 19.8 Å². The van der Waals surface area contributed by atoms with E-state index in [1.165, 1.54) is 12.1 Å². The lowest BCUT2D eigenvalue weighted by molar-refractivity contribution is -0.136. The highest BCUT2D eigenvalue weighted by molar-refractivity contribution is 5.87. The Kier molecular flexibility index (Phi) is 16.9. The lowest BCUT2D eigenvalue weighted by Crippen LogP contribution is -2.41. The molecule has 0 atom stereocenters. The zero-order valence-electron chi connectivity index (χ0n) is 37.2. The number of benzene rings is 4. The summed E-state index contributed by atoms with van der Waals surface area (Å²) in [6.07, 6.45) is 7.69. The maximum Gasteiger partial charge on any atom is 0.415 e. The Morgan fingerprint density at radius 2 is 0.881 bits per heavy atom. The topological polar surface area (TPSA) is 178 Å². The molecule has 0 spiro atoms. The summed E-state index contributed by atoms with van der Waals surface area (Å²) in [5.41, 5.74) is 5.18. The molecule has 2 aromatic heterocycles. The summed E-state index contributed by atoms with van der Waals surface area (Å²) in [7, 11) is 0. The first kappa shape index (κ1) is 47.2. The lowest BCUT2D eigenvalue weighted by atomic mass is 9.98. The van der Waals surface area contributed by atoms with E-state index in [2.05, 4.69) is 9.97 Å². The lowest BCUT2D eigenvalue weighted by Gasteiger charge is -2.31. The first-order valence-corrected chi connectivity index (χ1v) is 22.4. The summed E-state index contributed by atoms with van der Waals surface area (Å²) >= 11 is 0. The maximum absolute atomic E-state index is 12.6. The van der Waals surface area contributed by atoms with Crippen molar-refractivity contribution in [2.45, 2.75) is 44.9 Å². The van der Waals surface area contributed by atoms with Crippen LogP contribution in [0.3, 0.4) is 0 Å². The summed E-state index contributed by atoms with van der Waals surface area (Å²) in [4.78, 5) is 58.9. The normalized spacial score (nSPS) is 14.0. The van der Waals surface area contributed by atoms with E-state index in [1.807, 2.05) is 84.9 Å². The molecule has 2 aliphatic rings. The fourth-order valence-corrected chi connectivity index (χ4v) is 7.67. The Hall–Kier alpha value is -7.74. The Morgan fingerprint density at radius 1 is 0.493 bits per heavy atom. The molecule has 8 rings (SSSR count). The molecule has 2 fully saturated rings. The summed E-state index contributed by atoms with van der Waals surface area (Å²) < 4.78 is 22.8. The number of hydrogen-bond acceptors (Lipinski definition) is 10. The number of piperidine rings is 2. The second-order valence-corrected chi connectivity index (χ2v) is 16.5. The van der Waals surface area contributed by atoms with Gasteiger partial charge in [0.1, 0.15) is 23.0 Å². The number of nitrogens with zero attached hydrogens (tertiary/aromatic N) is 4. The van der Waals surface area contributed by atoms with E-state index in [1.54, 1.807) is 58.6 Å². The first-order valence-electron chi connectivity index (χ1n) is 22.4. The molecule has 0 bridgehead atoms. The van der Waals surface area contributed by atoms with Gasteiger partial charge in [0.15, 0.2) is 0 Å². The van der Waals surface area contributed by atoms with Crippen LogP contribution in [0.4, 0.5) is 9.59 Å². The second-order valence-electron chi connectivity index (χ2n) is 16.5. The van der Waals surface area contributed by atoms with Gasteiger partial charge in [0.2, 0.25) is 0 Å². The number of likely N-dealkylation sites (tertiary alicyclic amines) is 2. The van der Waals surface area contributed by atoms with Gasteiger partial charge in [-0.25, -0.2) is 14.4 Å². The molecule has 2 saturated heterocycles. The van der Waals surface area contributed by atoms with Gasteiger partial charge in [-0.3, -0.25) is 14.8 Å². The third kappa shape index (κ3) is 15.2. The van der Waals surface area contributed by atoms with Crippen LogP contribution in [0.1, 0.15) is 64.1 Å². The number of carboxylic acid groups (broad SMARTS) is 2. The number of pyridine rings is 2. The summed E-state index contributed by atoms with van der Waals surface area (Å²) in [5.74, 6) is 1.31. The van der Waals surface area contributed by atoms with Crippen LogP contribution < -0.4 is 18.9 Å². The molecule has 14 heteroatoms. The number of aromatic carboxylic acids is 1. The van der Waals surface area contributed by atoms with E-state index in [9.17, 15) is 19.2 Å². The van der Waals surface area contributed by atoms with Gasteiger partial charge in [-0.1, -0.05) is 48.5 Å². The average molecular weight is 907 g/mol. The fourth-order valence-electron chi connectivity index (χ4n) is 7.67. The quantitative estimate of drug-likeness (QED) is 0.1000. The average Bonchev–Trinajstić information content (AvgIpc) is 3.35. The van der Waals surface area contributed by atoms with Gasteiger partial charge in [-0.05, 0) is 139 Å². The molecule has 2 N–H and O–H groups in total. The molecule has 0 unspecified atom stereocenters. The minimum absolute atomic E-state index is 0.00412. The van der Waals surface area contributed by atoms with E-state index in [4.69, 9.17) is 29.2 Å². The Balaban J connectivity index is 0.000000199. The van der Waals surface area contributed by atoms with Crippen LogP contribution in [-0.4, -0.2) is 93.5 Å². The minimum atomic E-state index is -0.957. The van der Waals surface area contributed by atoms with Gasteiger partial charge in [-0.15, -0.1) is 0 Å². The molecule has 2 amide bonds. The predicted octanol–water partition coefficient (Wildman–Crippen LogP) is 9.25. The Labute approximate surface area is 389 Å². The molecule has 346 valence electrons. The molecule has 0 radical (unpaired) electrons. The van der Waals surface area contributed by atoms with Crippen LogP contribution in [0, 0.1) is 11.8 Å². The SMILES string of the molecule is O=C(O)Cc1ccc(OCC2CCN(C(=O)Oc3ccc(Cc4ccccn4)cc3)CC2)cc1.O=C(O)c1ccc(OCC2CCN(C(=O)Oc3ccc(Cc4ccccn4)cc3)CC2)cc1. The van der Waals surface area contributed by atoms with Gasteiger partial charge in [0.25, 0.3) is 0 Å². The van der Waals surface area contributed by atoms with Crippen molar-refractivity contribution in [3.05, 3.63) is 179 Å². The van der Waals surface area contributed by atoms with Crippen molar-refractivity contribution < 1.29 is 48.3 Å². The van der Waals surface area contributed by atoms with E-state index >= 15 is 0 Å². The standard InChI is InChI=1S/C27H28N2O5.C26H26N2O5/c30-26(31)18-21-4-8-24(9-5-21)33-19-22-12-15-29(16-13-22)27(32)34-25-10-6-20(7-11-25)17-23-3-1-2-14-28-23;29-25(30)21-6-10-23(11-7-21)32-18-20-12-15-28(16-13-20)26(31)33-24-8-4-19(5-9-24)17-22-3-1-2-14-27-22/h1-11,14,22H,12-13,15-19H2,(H,30,31);1-11,14,20H,12-13,15-18H2,(H,29,30). The van der Waals surface area contributed by atoms with Crippen molar-refractivity contribution in [3.8, 4) is 23.0 Å². The summed E-state index contributed by atoms with van der Waals surface area (Å²) in [6.45, 7) is 3.58. The fraction of sp³-hybridized carbons (Fsp3) is 0.283. The number of aliphatic carboxylic acids is 1. The molecule has 0 saturated carbocycles. The number of carboxylic acids is 2. The van der Waals surface area contributed by atoms with Crippen LogP contribution in [0.5, 0.6) is 23.0 Å². The van der Waals surface area contributed by atoms with Crippen molar-refractivity contribution in [2.75, 3.05) is 39.4 Å². The summed E-state index contributed by atoms with van der Waals surface area (Å²) in [5, 5.41) is 17.8. The van der Waals surface area contributed by atoms with Gasteiger partial charge in [0.05, 0.1) is 25.2 Å². The van der Waals surface area contributed by atoms with E-state index in [0.29, 0.717) is 68.5 Å². The van der Waals surface area contributed by atoms with Crippen molar-refractivity contribution in [3.63, 3.8) is 0 Å². The predicted molar refractivity (Wildman–Crippen MR) is 250 cm³/mol. The van der Waals surface area contributed by atoms with Crippen LogP contribution in [0.15, 0.2) is 146 Å². The highest BCUT2D eigenvalue weighted by Crippen LogP contribution is 2.24. The molecule has 4 heterocycles. The van der Waals surface area contributed by atoms with Crippen molar-refractivity contribution in [2.24, 2.45) is 11.8 Å². The van der Waals surface area contributed by atoms with Crippen molar-refractivity contribution in [1.29, 1.82) is 0 Å². The third-order valence-electron chi connectivity index (χ3n) is 11.6. The Bertz CT molecular complexity index is 2490. The smallest absolute Gasteiger partial charge is 0.415 e. The molecular formula is C53H54N4O10. The number of amides is 2. The number of hydrogen-bond donors (Lipinski definition) is 2. The zero-order valence-corrected chi connectivity index (χ0v) is 37.2. The molecule has 4 aromatic carbocycles. The molecule has 0 aliphatic carbocycles. The second kappa shape index (κ2) is 24.0. The molecule has 67 heavy (non-hydrogen) atoms. The number of carbonyl (C=O) groups excluding carboxylic acids is 2. The third-order valence-corrected chi connectivity index (χ3v) is 11.6. The first-order chi connectivity index (χ1) is 32.6. The van der Waals surface area contributed by atoms with Gasteiger partial charge < -0.3 is 39.0 Å². The number of aromatic nitrogens is 2. The monoisotopic (exact) mass is 906 g/mol. The van der Waals surface area contributed by atoms with Crippen LogP contribution >= 0.6 is 0 Å². The van der Waals surface area contributed by atoms with Crippen LogP contribution in [0.2, 0.25) is 0 Å². The summed E-state index contributed by atoms with van der Waals surface area (Å²) in [6, 6.07) is 40.3. The largest absolute Gasteiger partial charge is 0.493 e. The molecular weight excluding hydrogens is 853 g/mol. The molecule has 14 nitrogen and oxygen atoms in total. The van der Waals surface area contributed by atoms with Gasteiger partial charge >= 0.3 is 24.1 Å². The Morgan fingerprint density at radius 3 is 1.25 bits per heavy atom. The van der Waals surface area contributed by atoms with E-state index in [-0.39, 0.29) is 24.2 Å². The van der Waals surface area contributed by atoms with Gasteiger partial charge in [0, 0.05) is 62.8 Å². The number of carbonyl (C=O) groups is 4. The van der Waals surface area contributed by atoms with E-state index < -0.39 is 11.9 Å². The zero-order chi connectivity index (χ0) is 46.8. The maximum atomic E-state index is 12.6. The molecule has 6 aromatic rings.